The van der Waals surface area contributed by atoms with Gasteiger partial charge in [0, 0.05) is 33.3 Å². The summed E-state index contributed by atoms with van der Waals surface area (Å²) in [5.41, 5.74) is -0.500. The number of carbonyl (C=O) groups excluding carboxylic acids is 1. The summed E-state index contributed by atoms with van der Waals surface area (Å²) in [6, 6.07) is -0.0393. The molecule has 152 valence electrons. The Hall–Kier alpha value is -1.50. The molecular weight excluding hydrogens is 332 g/mol. The first-order chi connectivity index (χ1) is 12.2. The van der Waals surface area contributed by atoms with Crippen LogP contribution < -0.4 is 10.6 Å². The van der Waals surface area contributed by atoms with Crippen molar-refractivity contribution in [1.29, 1.82) is 0 Å². The molecule has 0 aromatic carbocycles. The van der Waals surface area contributed by atoms with Crippen LogP contribution in [0.3, 0.4) is 0 Å². The summed E-state index contributed by atoms with van der Waals surface area (Å²) in [6.45, 7) is 15.0. The molecule has 1 aliphatic rings. The molecule has 0 aromatic rings. The molecule has 26 heavy (non-hydrogen) atoms. The van der Waals surface area contributed by atoms with Crippen LogP contribution in [0.1, 0.15) is 54.4 Å². The Morgan fingerprint density at radius 2 is 1.88 bits per heavy atom. The molecule has 7 nitrogen and oxygen atoms in total. The SMILES string of the molecule is CCOC1CCN(C(=NC)NCC(NC(=O)OC(C)(C)C)C(C)C)CC1. The van der Waals surface area contributed by atoms with Crippen molar-refractivity contribution in [2.75, 3.05) is 33.3 Å². The lowest BCUT2D eigenvalue weighted by Gasteiger charge is -2.35. The van der Waals surface area contributed by atoms with Crippen LogP contribution in [-0.2, 0) is 9.47 Å². The highest BCUT2D eigenvalue weighted by Gasteiger charge is 2.24. The number of hydrogen-bond donors (Lipinski definition) is 2. The van der Waals surface area contributed by atoms with E-state index in [-0.39, 0.29) is 18.1 Å². The third-order valence-electron chi connectivity index (χ3n) is 4.34. The number of amides is 1. The van der Waals surface area contributed by atoms with E-state index in [4.69, 9.17) is 9.47 Å². The molecule has 1 unspecified atom stereocenters. The minimum Gasteiger partial charge on any atom is -0.444 e. The van der Waals surface area contributed by atoms with E-state index >= 15 is 0 Å². The van der Waals surface area contributed by atoms with Gasteiger partial charge in [-0.25, -0.2) is 4.79 Å². The van der Waals surface area contributed by atoms with Crippen LogP contribution in [0, 0.1) is 5.92 Å². The van der Waals surface area contributed by atoms with Gasteiger partial charge in [0.25, 0.3) is 0 Å². The molecule has 7 heteroatoms. The van der Waals surface area contributed by atoms with Crippen LogP contribution in [-0.4, -0.2) is 68.0 Å². The lowest BCUT2D eigenvalue weighted by molar-refractivity contribution is 0.0262. The van der Waals surface area contributed by atoms with Crippen molar-refractivity contribution in [2.24, 2.45) is 10.9 Å². The number of hydrogen-bond acceptors (Lipinski definition) is 4. The number of ether oxygens (including phenoxy) is 2. The number of alkyl carbamates (subject to hydrolysis) is 1. The van der Waals surface area contributed by atoms with Gasteiger partial charge in [-0.1, -0.05) is 13.8 Å². The lowest BCUT2D eigenvalue weighted by atomic mass is 10.0. The summed E-state index contributed by atoms with van der Waals surface area (Å²) in [5.74, 6) is 1.15. The van der Waals surface area contributed by atoms with Gasteiger partial charge in [0.05, 0.1) is 12.1 Å². The van der Waals surface area contributed by atoms with E-state index < -0.39 is 5.60 Å². The Kier molecular flexibility index (Phi) is 9.19. The molecular formula is C19H38N4O3. The number of aliphatic imine (C=N–C) groups is 1. The molecule has 0 spiro atoms. The molecule has 1 aliphatic heterocycles. The largest absolute Gasteiger partial charge is 0.444 e. The van der Waals surface area contributed by atoms with E-state index in [0.717, 1.165) is 38.5 Å². The molecule has 1 saturated heterocycles. The first-order valence-corrected chi connectivity index (χ1v) is 9.73. The van der Waals surface area contributed by atoms with E-state index in [0.29, 0.717) is 12.6 Å². The van der Waals surface area contributed by atoms with Gasteiger partial charge in [0.15, 0.2) is 5.96 Å². The second-order valence-electron chi connectivity index (χ2n) is 8.07. The van der Waals surface area contributed by atoms with Gasteiger partial charge in [0.1, 0.15) is 5.60 Å². The molecule has 0 radical (unpaired) electrons. The lowest BCUT2D eigenvalue weighted by Crippen LogP contribution is -2.52. The topological polar surface area (TPSA) is 75.2 Å². The van der Waals surface area contributed by atoms with Crippen molar-refractivity contribution in [3.63, 3.8) is 0 Å². The number of nitrogens with one attached hydrogen (secondary N) is 2. The minimum absolute atomic E-state index is 0.0393. The monoisotopic (exact) mass is 370 g/mol. The maximum Gasteiger partial charge on any atom is 0.407 e. The van der Waals surface area contributed by atoms with Crippen LogP contribution in [0.25, 0.3) is 0 Å². The number of carbonyl (C=O) groups is 1. The van der Waals surface area contributed by atoms with Crippen LogP contribution in [0.2, 0.25) is 0 Å². The quantitative estimate of drug-likeness (QED) is 0.555. The molecule has 0 aromatic heterocycles. The van der Waals surface area contributed by atoms with Crippen molar-refractivity contribution < 1.29 is 14.3 Å². The van der Waals surface area contributed by atoms with Gasteiger partial charge in [-0.2, -0.15) is 0 Å². The summed E-state index contributed by atoms with van der Waals surface area (Å²) < 4.78 is 11.1. The third kappa shape index (κ3) is 8.25. The van der Waals surface area contributed by atoms with Crippen LogP contribution >= 0.6 is 0 Å². The van der Waals surface area contributed by atoms with E-state index in [1.54, 1.807) is 7.05 Å². The molecule has 1 heterocycles. The molecule has 1 fully saturated rings. The van der Waals surface area contributed by atoms with Gasteiger partial charge in [-0.3, -0.25) is 4.99 Å². The molecule has 2 N–H and O–H groups in total. The number of rotatable bonds is 6. The second-order valence-corrected chi connectivity index (χ2v) is 8.07. The van der Waals surface area contributed by atoms with Crippen molar-refractivity contribution in [1.82, 2.24) is 15.5 Å². The van der Waals surface area contributed by atoms with E-state index in [1.165, 1.54) is 0 Å². The average Bonchev–Trinajstić information content (AvgIpc) is 2.54. The third-order valence-corrected chi connectivity index (χ3v) is 4.34. The minimum atomic E-state index is -0.500. The highest BCUT2D eigenvalue weighted by Crippen LogP contribution is 2.14. The normalized spacial score (nSPS) is 18.0. The van der Waals surface area contributed by atoms with E-state index in [2.05, 4.69) is 34.4 Å². The fraction of sp³-hybridized carbons (Fsp3) is 0.895. The molecule has 1 atom stereocenters. The van der Waals surface area contributed by atoms with E-state index in [1.807, 2.05) is 27.7 Å². The molecule has 0 saturated carbocycles. The summed E-state index contributed by atoms with van der Waals surface area (Å²) in [7, 11) is 1.79. The van der Waals surface area contributed by atoms with E-state index in [9.17, 15) is 4.79 Å². The van der Waals surface area contributed by atoms with Crippen molar-refractivity contribution in [3.8, 4) is 0 Å². The number of nitrogens with zero attached hydrogens (tertiary/aromatic N) is 2. The van der Waals surface area contributed by atoms with Crippen LogP contribution in [0.4, 0.5) is 4.79 Å². The standard InChI is InChI=1S/C19H38N4O3/c1-8-25-15-9-11-23(12-10-15)17(20-7)21-13-16(14(2)3)22-18(24)26-19(4,5)6/h14-16H,8-13H2,1-7H3,(H,20,21)(H,22,24). The molecule has 0 bridgehead atoms. The zero-order valence-corrected chi connectivity index (χ0v) is 17.6. The van der Waals surface area contributed by atoms with Crippen LogP contribution in [0.15, 0.2) is 4.99 Å². The highest BCUT2D eigenvalue weighted by molar-refractivity contribution is 5.80. The smallest absolute Gasteiger partial charge is 0.407 e. The van der Waals surface area contributed by atoms with Gasteiger partial charge >= 0.3 is 6.09 Å². The first kappa shape index (κ1) is 22.5. The Bertz CT molecular complexity index is 452. The Balaban J connectivity index is 2.52. The van der Waals surface area contributed by atoms with Crippen molar-refractivity contribution in [3.05, 3.63) is 0 Å². The Morgan fingerprint density at radius 1 is 1.27 bits per heavy atom. The van der Waals surface area contributed by atoms with Gasteiger partial charge in [-0.15, -0.1) is 0 Å². The second kappa shape index (κ2) is 10.6. The summed E-state index contributed by atoms with van der Waals surface area (Å²) in [6.07, 6.45) is 1.99. The fourth-order valence-corrected chi connectivity index (χ4v) is 2.92. The predicted octanol–water partition coefficient (Wildman–Crippen LogP) is 2.61. The highest BCUT2D eigenvalue weighted by atomic mass is 16.6. The molecule has 1 amide bonds. The van der Waals surface area contributed by atoms with Gasteiger partial charge in [0.2, 0.25) is 0 Å². The maximum absolute atomic E-state index is 12.1. The summed E-state index contributed by atoms with van der Waals surface area (Å²) >= 11 is 0. The Labute approximate surface area is 158 Å². The van der Waals surface area contributed by atoms with Gasteiger partial charge in [-0.05, 0) is 46.5 Å². The summed E-state index contributed by atoms with van der Waals surface area (Å²) in [5, 5.41) is 6.36. The number of likely N-dealkylation sites (tertiary alicyclic amines) is 1. The zero-order chi connectivity index (χ0) is 19.7. The molecule has 0 aliphatic carbocycles. The van der Waals surface area contributed by atoms with Crippen molar-refractivity contribution in [2.45, 2.75) is 72.1 Å². The predicted molar refractivity (Wildman–Crippen MR) is 106 cm³/mol. The zero-order valence-electron chi connectivity index (χ0n) is 17.6. The van der Waals surface area contributed by atoms with Crippen LogP contribution in [0.5, 0.6) is 0 Å². The maximum atomic E-state index is 12.1. The first-order valence-electron chi connectivity index (χ1n) is 9.73. The Morgan fingerprint density at radius 3 is 2.35 bits per heavy atom. The molecule has 1 rings (SSSR count). The fourth-order valence-electron chi connectivity index (χ4n) is 2.92. The average molecular weight is 371 g/mol. The summed E-state index contributed by atoms with van der Waals surface area (Å²) in [4.78, 5) is 18.7. The van der Waals surface area contributed by atoms with Gasteiger partial charge < -0.3 is 25.0 Å². The number of piperidine rings is 1. The van der Waals surface area contributed by atoms with Crippen molar-refractivity contribution >= 4 is 12.1 Å². The number of guanidine groups is 1.